The van der Waals surface area contributed by atoms with Crippen molar-refractivity contribution in [2.24, 2.45) is 4.99 Å². The number of benzene rings is 1. The lowest BCUT2D eigenvalue weighted by molar-refractivity contribution is 0.101. The highest BCUT2D eigenvalue weighted by Gasteiger charge is 2.29. The van der Waals surface area contributed by atoms with Crippen molar-refractivity contribution in [3.8, 4) is 0 Å². The zero-order valence-electron chi connectivity index (χ0n) is 16.0. The van der Waals surface area contributed by atoms with Crippen LogP contribution in [0, 0.1) is 0 Å². The zero-order chi connectivity index (χ0) is 20.6. The van der Waals surface area contributed by atoms with Gasteiger partial charge in [-0.2, -0.15) is 4.31 Å². The Morgan fingerprint density at radius 3 is 2.72 bits per heavy atom. The van der Waals surface area contributed by atoms with Crippen LogP contribution in [0.3, 0.4) is 0 Å². The van der Waals surface area contributed by atoms with Crippen molar-refractivity contribution in [3.05, 3.63) is 51.4 Å². The standard InChI is InChI=1S/C20H22ClN3O3S2/c1-23-8-10-24(11-9-23)29(26,27)19-7-6-18(28-19)20(25)22-13-15-3-2-14-12-16(21)4-5-17(14)15/h4-7,12-13,15H,2-3,8-11H2,1H3. The fourth-order valence-electron chi connectivity index (χ4n) is 3.72. The summed E-state index contributed by atoms with van der Waals surface area (Å²) in [5, 5.41) is 0.713. The number of thiophene rings is 1. The van der Waals surface area contributed by atoms with Crippen LogP contribution in [0.15, 0.2) is 39.5 Å². The van der Waals surface area contributed by atoms with Crippen LogP contribution in [-0.2, 0) is 16.4 Å². The molecule has 1 atom stereocenters. The van der Waals surface area contributed by atoms with Gasteiger partial charge in [0.15, 0.2) is 0 Å². The lowest BCUT2D eigenvalue weighted by Crippen LogP contribution is -2.46. The minimum atomic E-state index is -3.56. The Kier molecular flexibility index (Phi) is 5.90. The molecular weight excluding hydrogens is 430 g/mol. The molecule has 0 saturated carbocycles. The van der Waals surface area contributed by atoms with Crippen LogP contribution in [0.4, 0.5) is 0 Å². The van der Waals surface area contributed by atoms with Gasteiger partial charge in [-0.25, -0.2) is 13.4 Å². The monoisotopic (exact) mass is 451 g/mol. The second-order valence-electron chi connectivity index (χ2n) is 7.40. The maximum atomic E-state index is 12.8. The average molecular weight is 452 g/mol. The number of aryl methyl sites for hydroxylation is 1. The number of likely N-dealkylation sites (N-methyl/N-ethyl adjacent to an activating group) is 1. The second-order valence-corrected chi connectivity index (χ2v) is 11.1. The summed E-state index contributed by atoms with van der Waals surface area (Å²) in [5.41, 5.74) is 2.34. The summed E-state index contributed by atoms with van der Waals surface area (Å²) in [6, 6.07) is 8.85. The van der Waals surface area contributed by atoms with Gasteiger partial charge in [-0.3, -0.25) is 4.79 Å². The molecule has 2 aromatic rings. The molecule has 9 heteroatoms. The summed E-state index contributed by atoms with van der Waals surface area (Å²) in [6.07, 6.45) is 3.48. The molecule has 1 aliphatic carbocycles. The topological polar surface area (TPSA) is 70.1 Å². The molecule has 2 aliphatic rings. The predicted molar refractivity (Wildman–Crippen MR) is 116 cm³/mol. The second kappa shape index (κ2) is 8.28. The molecule has 1 amide bonds. The van der Waals surface area contributed by atoms with Crippen molar-refractivity contribution in [1.82, 2.24) is 9.21 Å². The molecule has 0 spiro atoms. The van der Waals surface area contributed by atoms with Crippen LogP contribution in [0.1, 0.15) is 33.1 Å². The predicted octanol–water partition coefficient (Wildman–Crippen LogP) is 3.28. The van der Waals surface area contributed by atoms with Crippen LogP contribution in [0.2, 0.25) is 5.02 Å². The number of hydrogen-bond donors (Lipinski definition) is 0. The minimum absolute atomic E-state index is 0.0831. The molecular formula is C20H22ClN3O3S2. The highest BCUT2D eigenvalue weighted by molar-refractivity contribution is 7.91. The van der Waals surface area contributed by atoms with Crippen LogP contribution >= 0.6 is 22.9 Å². The van der Waals surface area contributed by atoms with E-state index < -0.39 is 15.9 Å². The molecule has 4 rings (SSSR count). The van der Waals surface area contributed by atoms with E-state index in [0.29, 0.717) is 36.1 Å². The quantitative estimate of drug-likeness (QED) is 0.669. The van der Waals surface area contributed by atoms with E-state index in [-0.39, 0.29) is 10.1 Å². The van der Waals surface area contributed by atoms with E-state index in [1.54, 1.807) is 12.3 Å². The lowest BCUT2D eigenvalue weighted by Gasteiger charge is -2.31. The van der Waals surface area contributed by atoms with Gasteiger partial charge in [0.05, 0.1) is 4.88 Å². The number of carbonyl (C=O) groups excluding carboxylic acids is 1. The van der Waals surface area contributed by atoms with Gasteiger partial charge >= 0.3 is 0 Å². The molecule has 0 N–H and O–H groups in total. The first-order valence-electron chi connectivity index (χ1n) is 9.50. The summed E-state index contributed by atoms with van der Waals surface area (Å²) in [5.74, 6) is -0.322. The van der Waals surface area contributed by atoms with Gasteiger partial charge in [0.25, 0.3) is 15.9 Å². The van der Waals surface area contributed by atoms with Crippen LogP contribution in [0.25, 0.3) is 0 Å². The van der Waals surface area contributed by atoms with E-state index in [0.717, 1.165) is 29.7 Å². The first kappa shape index (κ1) is 20.7. The number of carbonyl (C=O) groups is 1. The molecule has 154 valence electrons. The number of aliphatic imine (C=N–C) groups is 1. The third kappa shape index (κ3) is 4.32. The van der Waals surface area contributed by atoms with E-state index in [1.807, 2.05) is 25.2 Å². The molecule has 0 radical (unpaired) electrons. The first-order valence-corrected chi connectivity index (χ1v) is 12.1. The van der Waals surface area contributed by atoms with Crippen molar-refractivity contribution in [2.75, 3.05) is 33.2 Å². The number of piperazine rings is 1. The fraction of sp³-hybridized carbons (Fsp3) is 0.400. The highest BCUT2D eigenvalue weighted by atomic mass is 35.5. The Morgan fingerprint density at radius 2 is 1.97 bits per heavy atom. The number of fused-ring (bicyclic) bond motifs is 1. The molecule has 6 nitrogen and oxygen atoms in total. The number of hydrogen-bond acceptors (Lipinski definition) is 5. The first-order chi connectivity index (χ1) is 13.8. The maximum Gasteiger partial charge on any atom is 0.286 e. The SMILES string of the molecule is CN1CCN(S(=O)(=O)c2ccc(C(=O)N=CC3CCc4cc(Cl)ccc43)s2)CC1. The molecule has 1 aromatic carbocycles. The van der Waals surface area contributed by atoms with Crippen molar-refractivity contribution >= 4 is 45.1 Å². The number of rotatable bonds is 4. The molecule has 2 heterocycles. The third-order valence-corrected chi connectivity index (χ3v) is 9.12. The summed E-state index contributed by atoms with van der Waals surface area (Å²) >= 11 is 7.03. The van der Waals surface area contributed by atoms with Crippen molar-refractivity contribution in [1.29, 1.82) is 0 Å². The fourth-order valence-corrected chi connectivity index (χ4v) is 6.69. The van der Waals surface area contributed by atoms with Gasteiger partial charge < -0.3 is 4.90 Å². The summed E-state index contributed by atoms with van der Waals surface area (Å²) in [7, 11) is -1.59. The Bertz CT molecular complexity index is 1060. The van der Waals surface area contributed by atoms with E-state index in [4.69, 9.17) is 11.6 Å². The largest absolute Gasteiger partial charge is 0.304 e. The summed E-state index contributed by atoms with van der Waals surface area (Å²) in [6.45, 7) is 2.33. The third-order valence-electron chi connectivity index (χ3n) is 5.45. The molecule has 29 heavy (non-hydrogen) atoms. The van der Waals surface area contributed by atoms with E-state index in [9.17, 15) is 13.2 Å². The van der Waals surface area contributed by atoms with E-state index >= 15 is 0 Å². The average Bonchev–Trinajstić information content (AvgIpc) is 3.34. The van der Waals surface area contributed by atoms with Crippen LogP contribution in [0.5, 0.6) is 0 Å². The highest BCUT2D eigenvalue weighted by Crippen LogP contribution is 2.33. The van der Waals surface area contributed by atoms with Crippen molar-refractivity contribution < 1.29 is 13.2 Å². The van der Waals surface area contributed by atoms with Crippen molar-refractivity contribution in [2.45, 2.75) is 23.0 Å². The van der Waals surface area contributed by atoms with Crippen LogP contribution < -0.4 is 0 Å². The molecule has 0 bridgehead atoms. The molecule has 1 aliphatic heterocycles. The minimum Gasteiger partial charge on any atom is -0.304 e. The maximum absolute atomic E-state index is 12.8. The number of amides is 1. The zero-order valence-corrected chi connectivity index (χ0v) is 18.4. The van der Waals surface area contributed by atoms with Crippen molar-refractivity contribution in [3.63, 3.8) is 0 Å². The molecule has 1 unspecified atom stereocenters. The Balaban J connectivity index is 1.46. The molecule has 1 aromatic heterocycles. The van der Waals surface area contributed by atoms with Crippen LogP contribution in [-0.4, -0.2) is 63.0 Å². The van der Waals surface area contributed by atoms with Gasteiger partial charge in [0.2, 0.25) is 0 Å². The van der Waals surface area contributed by atoms with Gasteiger partial charge in [0, 0.05) is 43.3 Å². The number of sulfonamides is 1. The van der Waals surface area contributed by atoms with Gasteiger partial charge in [-0.05, 0) is 55.3 Å². The van der Waals surface area contributed by atoms with E-state index in [2.05, 4.69) is 9.89 Å². The molecule has 1 saturated heterocycles. The normalized spacial score (nSPS) is 21.0. The van der Waals surface area contributed by atoms with E-state index in [1.165, 1.54) is 15.9 Å². The lowest BCUT2D eigenvalue weighted by atomic mass is 10.0. The van der Waals surface area contributed by atoms with Gasteiger partial charge in [-0.1, -0.05) is 17.7 Å². The summed E-state index contributed by atoms with van der Waals surface area (Å²) in [4.78, 5) is 19.1. The van der Waals surface area contributed by atoms with Gasteiger partial charge in [-0.15, -0.1) is 11.3 Å². The van der Waals surface area contributed by atoms with Gasteiger partial charge in [0.1, 0.15) is 4.21 Å². The smallest absolute Gasteiger partial charge is 0.286 e. The number of nitrogens with zero attached hydrogens (tertiary/aromatic N) is 3. The Hall–Kier alpha value is -1.58. The Morgan fingerprint density at radius 1 is 1.21 bits per heavy atom. The summed E-state index contributed by atoms with van der Waals surface area (Å²) < 4.78 is 27.3. The number of halogens is 1. The Labute approximate surface area is 179 Å². The molecule has 1 fully saturated rings.